The third-order valence-corrected chi connectivity index (χ3v) is 4.50. The lowest BCUT2D eigenvalue weighted by Gasteiger charge is -2.18. The van der Waals surface area contributed by atoms with Gasteiger partial charge in [0, 0.05) is 10.9 Å². The normalized spacial score (nSPS) is 13.4. The van der Waals surface area contributed by atoms with Crippen molar-refractivity contribution < 1.29 is 13.2 Å². The average Bonchev–Trinajstić information content (AvgIpc) is 2.84. The molecule has 0 fully saturated rings. The molecule has 0 amide bonds. The van der Waals surface area contributed by atoms with Crippen LogP contribution >= 0.6 is 11.3 Å². The molecule has 0 aliphatic rings. The van der Waals surface area contributed by atoms with Crippen LogP contribution < -0.4 is 5.32 Å². The second-order valence-corrected chi connectivity index (χ2v) is 5.93. The summed E-state index contributed by atoms with van der Waals surface area (Å²) in [7, 11) is 0. The first-order valence-electron chi connectivity index (χ1n) is 6.85. The molecule has 21 heavy (non-hydrogen) atoms. The smallest absolute Gasteiger partial charge is 0.309 e. The van der Waals surface area contributed by atoms with Crippen molar-refractivity contribution in [3.05, 3.63) is 57.3 Å². The monoisotopic (exact) mass is 313 g/mol. The highest BCUT2D eigenvalue weighted by Gasteiger charge is 2.30. The zero-order valence-electron chi connectivity index (χ0n) is 12.0. The number of rotatable bonds is 5. The Bertz CT molecular complexity index is 589. The second kappa shape index (κ2) is 6.62. The molecule has 1 heterocycles. The van der Waals surface area contributed by atoms with Gasteiger partial charge in [-0.2, -0.15) is 13.2 Å². The van der Waals surface area contributed by atoms with Gasteiger partial charge in [0.15, 0.2) is 0 Å². The van der Waals surface area contributed by atoms with Gasteiger partial charge in [0.2, 0.25) is 0 Å². The first-order valence-corrected chi connectivity index (χ1v) is 7.73. The lowest BCUT2D eigenvalue weighted by Crippen LogP contribution is -2.22. The quantitative estimate of drug-likeness (QED) is 0.822. The highest BCUT2D eigenvalue weighted by Crippen LogP contribution is 2.31. The number of halogens is 3. The summed E-state index contributed by atoms with van der Waals surface area (Å²) in [6, 6.07) is 7.68. The summed E-state index contributed by atoms with van der Waals surface area (Å²) in [6.45, 7) is 4.81. The highest BCUT2D eigenvalue weighted by atomic mass is 32.1. The van der Waals surface area contributed by atoms with E-state index in [0.717, 1.165) is 12.6 Å². The molecule has 1 nitrogen and oxygen atoms in total. The molecule has 1 aromatic heterocycles. The molecule has 1 unspecified atom stereocenters. The van der Waals surface area contributed by atoms with Crippen molar-refractivity contribution in [2.24, 2.45) is 0 Å². The van der Waals surface area contributed by atoms with E-state index >= 15 is 0 Å². The minimum atomic E-state index is -4.29. The zero-order chi connectivity index (χ0) is 15.5. The minimum Gasteiger partial charge on any atom is -0.309 e. The maximum atomic E-state index is 12.8. The number of thiophene rings is 1. The van der Waals surface area contributed by atoms with Gasteiger partial charge >= 0.3 is 6.18 Å². The number of benzene rings is 1. The summed E-state index contributed by atoms with van der Waals surface area (Å²) in [6.07, 6.45) is -3.73. The minimum absolute atomic E-state index is 0.0542. The van der Waals surface area contributed by atoms with E-state index in [-0.39, 0.29) is 6.04 Å². The van der Waals surface area contributed by atoms with E-state index in [9.17, 15) is 13.2 Å². The zero-order valence-corrected chi connectivity index (χ0v) is 12.8. The van der Waals surface area contributed by atoms with Gasteiger partial charge in [0.25, 0.3) is 0 Å². The molecule has 114 valence electrons. The summed E-state index contributed by atoms with van der Waals surface area (Å²) in [4.78, 5) is 1.19. The van der Waals surface area contributed by atoms with Crippen LogP contribution in [0.3, 0.4) is 0 Å². The van der Waals surface area contributed by atoms with E-state index in [0.29, 0.717) is 12.0 Å². The maximum absolute atomic E-state index is 12.8. The summed E-state index contributed by atoms with van der Waals surface area (Å²) in [5.41, 5.74) is 1.29. The van der Waals surface area contributed by atoms with Gasteiger partial charge in [-0.15, -0.1) is 11.3 Å². The molecule has 0 aliphatic carbocycles. The molecule has 5 heteroatoms. The molecule has 1 N–H and O–H groups in total. The van der Waals surface area contributed by atoms with Crippen molar-refractivity contribution in [2.45, 2.75) is 32.5 Å². The summed E-state index contributed by atoms with van der Waals surface area (Å²) < 4.78 is 38.3. The molecular formula is C16H18F3NS. The lowest BCUT2D eigenvalue weighted by atomic mass is 10.0. The molecule has 2 aromatic rings. The van der Waals surface area contributed by atoms with Crippen LogP contribution in [-0.2, 0) is 12.6 Å². The molecule has 0 spiro atoms. The van der Waals surface area contributed by atoms with Crippen molar-refractivity contribution in [1.29, 1.82) is 0 Å². The van der Waals surface area contributed by atoms with E-state index in [4.69, 9.17) is 0 Å². The fourth-order valence-electron chi connectivity index (χ4n) is 2.36. The van der Waals surface area contributed by atoms with Gasteiger partial charge in [0.1, 0.15) is 0 Å². The van der Waals surface area contributed by atoms with Crippen LogP contribution in [0.2, 0.25) is 0 Å². The number of aryl methyl sites for hydroxylation is 1. The Morgan fingerprint density at radius 3 is 2.57 bits per heavy atom. The predicted octanol–water partition coefficient (Wildman–Crippen LogP) is 4.97. The topological polar surface area (TPSA) is 12.0 Å². The molecular weight excluding hydrogens is 295 g/mol. The molecule has 0 bridgehead atoms. The SMILES string of the molecule is CCNC(Cc1cccc(C(F)(F)F)c1)c1sccc1C. The van der Waals surface area contributed by atoms with E-state index in [1.54, 1.807) is 17.4 Å². The Kier molecular flexibility index (Phi) is 5.06. The van der Waals surface area contributed by atoms with Gasteiger partial charge in [-0.3, -0.25) is 0 Å². The number of likely N-dealkylation sites (N-methyl/N-ethyl adjacent to an activating group) is 1. The third-order valence-electron chi connectivity index (χ3n) is 3.36. The maximum Gasteiger partial charge on any atom is 0.416 e. The molecule has 2 rings (SSSR count). The number of hydrogen-bond acceptors (Lipinski definition) is 2. The Labute approximate surface area is 126 Å². The Hall–Kier alpha value is -1.33. The molecule has 0 saturated heterocycles. The van der Waals surface area contributed by atoms with Crippen molar-refractivity contribution in [2.75, 3.05) is 6.54 Å². The molecule has 0 aliphatic heterocycles. The van der Waals surface area contributed by atoms with E-state index in [1.165, 1.54) is 22.6 Å². The van der Waals surface area contributed by atoms with Crippen LogP contribution in [0.25, 0.3) is 0 Å². The number of alkyl halides is 3. The summed E-state index contributed by atoms with van der Waals surface area (Å²) >= 11 is 1.64. The summed E-state index contributed by atoms with van der Waals surface area (Å²) in [5, 5.41) is 5.38. The van der Waals surface area contributed by atoms with Crippen LogP contribution in [-0.4, -0.2) is 6.54 Å². The van der Waals surface area contributed by atoms with E-state index in [2.05, 4.69) is 5.32 Å². The fourth-order valence-corrected chi connectivity index (χ4v) is 3.36. The van der Waals surface area contributed by atoms with Crippen LogP contribution in [0.4, 0.5) is 13.2 Å². The standard InChI is InChI=1S/C16H18F3NS/c1-3-20-14(15-11(2)7-8-21-15)10-12-5-4-6-13(9-12)16(17,18)19/h4-9,14,20H,3,10H2,1-2H3. The molecule has 0 saturated carbocycles. The first-order chi connectivity index (χ1) is 9.91. The Balaban J connectivity index is 2.24. The van der Waals surface area contributed by atoms with Crippen molar-refractivity contribution in [3.8, 4) is 0 Å². The Morgan fingerprint density at radius 1 is 1.24 bits per heavy atom. The number of nitrogens with one attached hydrogen (secondary N) is 1. The fraction of sp³-hybridized carbons (Fsp3) is 0.375. The van der Waals surface area contributed by atoms with Crippen LogP contribution in [0, 0.1) is 6.92 Å². The largest absolute Gasteiger partial charge is 0.416 e. The van der Waals surface area contributed by atoms with Gasteiger partial charge < -0.3 is 5.32 Å². The summed E-state index contributed by atoms with van der Waals surface area (Å²) in [5.74, 6) is 0. The molecule has 1 atom stereocenters. The predicted molar refractivity (Wildman–Crippen MR) is 80.6 cm³/mol. The second-order valence-electron chi connectivity index (χ2n) is 4.98. The first kappa shape index (κ1) is 16.0. The van der Waals surface area contributed by atoms with Gasteiger partial charge in [0.05, 0.1) is 5.56 Å². The van der Waals surface area contributed by atoms with E-state index < -0.39 is 11.7 Å². The van der Waals surface area contributed by atoms with Crippen molar-refractivity contribution >= 4 is 11.3 Å². The van der Waals surface area contributed by atoms with Gasteiger partial charge in [-0.25, -0.2) is 0 Å². The Morgan fingerprint density at radius 2 is 2.00 bits per heavy atom. The van der Waals surface area contributed by atoms with Crippen LogP contribution in [0.1, 0.15) is 34.5 Å². The van der Waals surface area contributed by atoms with Gasteiger partial charge in [-0.05, 0) is 48.5 Å². The van der Waals surface area contributed by atoms with E-state index in [1.807, 2.05) is 25.3 Å². The molecule has 1 aromatic carbocycles. The lowest BCUT2D eigenvalue weighted by molar-refractivity contribution is -0.137. The number of hydrogen-bond donors (Lipinski definition) is 1. The van der Waals surface area contributed by atoms with Gasteiger partial charge in [-0.1, -0.05) is 25.1 Å². The van der Waals surface area contributed by atoms with Crippen LogP contribution in [0.5, 0.6) is 0 Å². The van der Waals surface area contributed by atoms with Crippen molar-refractivity contribution in [3.63, 3.8) is 0 Å². The third kappa shape index (κ3) is 4.08. The average molecular weight is 313 g/mol. The molecule has 0 radical (unpaired) electrons. The van der Waals surface area contributed by atoms with Crippen molar-refractivity contribution in [1.82, 2.24) is 5.32 Å². The van der Waals surface area contributed by atoms with Crippen LogP contribution in [0.15, 0.2) is 35.7 Å². The highest BCUT2D eigenvalue weighted by molar-refractivity contribution is 7.10.